The summed E-state index contributed by atoms with van der Waals surface area (Å²) in [5, 5.41) is 14.4. The van der Waals surface area contributed by atoms with Gasteiger partial charge in [0.1, 0.15) is 0 Å². The second-order valence-electron chi connectivity index (χ2n) is 4.96. The van der Waals surface area contributed by atoms with E-state index in [1.54, 1.807) is 18.2 Å². The molecule has 0 aliphatic rings. The molecule has 7 nitrogen and oxygen atoms in total. The molecule has 2 rings (SSSR count). The number of halogens is 1. The van der Waals surface area contributed by atoms with Crippen LogP contribution in [0.5, 0.6) is 0 Å². The summed E-state index contributed by atoms with van der Waals surface area (Å²) in [7, 11) is 0. The molecule has 0 unspecified atom stereocenters. The molecule has 0 heterocycles. The van der Waals surface area contributed by atoms with Gasteiger partial charge in [0.25, 0.3) is 5.69 Å². The zero-order chi connectivity index (χ0) is 18.4. The molecule has 0 aromatic heterocycles. The molecule has 3 N–H and O–H groups in total. The van der Waals surface area contributed by atoms with E-state index in [1.807, 2.05) is 6.07 Å². The van der Waals surface area contributed by atoms with E-state index in [1.165, 1.54) is 12.1 Å². The highest BCUT2D eigenvalue weighted by Gasteiger charge is 2.18. The molecule has 0 fully saturated rings. The Morgan fingerprint density at radius 2 is 1.96 bits per heavy atom. The quantitative estimate of drug-likeness (QED) is 0.436. The number of nitrogens with one attached hydrogen (secondary N) is 1. The summed E-state index contributed by atoms with van der Waals surface area (Å²) in [6, 6.07) is 11.0. The van der Waals surface area contributed by atoms with Crippen molar-refractivity contribution in [2.24, 2.45) is 5.73 Å². The summed E-state index contributed by atoms with van der Waals surface area (Å²) in [6.45, 7) is 0.266. The van der Waals surface area contributed by atoms with E-state index in [0.29, 0.717) is 5.02 Å². The van der Waals surface area contributed by atoms with Crippen molar-refractivity contribution in [1.82, 2.24) is 5.32 Å². The van der Waals surface area contributed by atoms with Crippen LogP contribution in [0.25, 0.3) is 0 Å². The number of primary amides is 1. The van der Waals surface area contributed by atoms with Gasteiger partial charge in [-0.3, -0.25) is 19.7 Å². The maximum absolute atomic E-state index is 11.9. The van der Waals surface area contributed by atoms with Gasteiger partial charge in [0.05, 0.1) is 15.6 Å². The van der Waals surface area contributed by atoms with Crippen LogP contribution in [-0.4, -0.2) is 22.5 Å². The van der Waals surface area contributed by atoms with Crippen molar-refractivity contribution in [3.8, 4) is 0 Å². The lowest BCUT2D eigenvalue weighted by Gasteiger charge is -2.07. The molecule has 0 saturated carbocycles. The molecule has 0 atom stereocenters. The molecular formula is C16H14ClN3O4S. The number of nitrogens with two attached hydrogens (primary N) is 1. The molecule has 130 valence electrons. The lowest BCUT2D eigenvalue weighted by molar-refractivity contribution is -0.387. The molecule has 2 aromatic rings. The van der Waals surface area contributed by atoms with Gasteiger partial charge in [-0.1, -0.05) is 29.8 Å². The average Bonchev–Trinajstić information content (AvgIpc) is 2.58. The maximum atomic E-state index is 11.9. The van der Waals surface area contributed by atoms with Crippen LogP contribution in [0.4, 0.5) is 5.69 Å². The van der Waals surface area contributed by atoms with Gasteiger partial charge in [-0.05, 0) is 23.8 Å². The van der Waals surface area contributed by atoms with Gasteiger partial charge >= 0.3 is 0 Å². The number of nitro benzene ring substituents is 1. The highest BCUT2D eigenvalue weighted by atomic mass is 35.5. The van der Waals surface area contributed by atoms with Crippen molar-refractivity contribution in [3.63, 3.8) is 0 Å². The van der Waals surface area contributed by atoms with Crippen LogP contribution in [0.3, 0.4) is 0 Å². The molecule has 0 aliphatic carbocycles. The van der Waals surface area contributed by atoms with E-state index in [4.69, 9.17) is 17.3 Å². The van der Waals surface area contributed by atoms with Crippen molar-refractivity contribution in [3.05, 3.63) is 68.7 Å². The third-order valence-corrected chi connectivity index (χ3v) is 4.66. The monoisotopic (exact) mass is 379 g/mol. The molecule has 0 saturated heterocycles. The number of nitrogens with zero attached hydrogens (tertiary/aromatic N) is 1. The number of benzene rings is 2. The first-order valence-corrected chi connectivity index (χ1v) is 8.46. The number of nitro groups is 1. The van der Waals surface area contributed by atoms with Crippen molar-refractivity contribution in [1.29, 1.82) is 0 Å². The Kier molecular flexibility index (Phi) is 6.37. The van der Waals surface area contributed by atoms with Crippen LogP contribution in [0.1, 0.15) is 15.9 Å². The average molecular weight is 380 g/mol. The number of hydrogen-bond acceptors (Lipinski definition) is 5. The van der Waals surface area contributed by atoms with E-state index in [2.05, 4.69) is 5.32 Å². The molecule has 2 aromatic carbocycles. The van der Waals surface area contributed by atoms with E-state index in [0.717, 1.165) is 23.4 Å². The molecule has 0 bridgehead atoms. The van der Waals surface area contributed by atoms with Crippen molar-refractivity contribution < 1.29 is 14.5 Å². The van der Waals surface area contributed by atoms with Crippen LogP contribution in [0, 0.1) is 10.1 Å². The SMILES string of the molecule is NC(=O)c1ccc(SCC(=O)NCc2ccccc2Cl)c([N+](=O)[O-])c1. The minimum Gasteiger partial charge on any atom is -0.366 e. The second kappa shape index (κ2) is 8.50. The smallest absolute Gasteiger partial charge is 0.283 e. The predicted molar refractivity (Wildman–Crippen MR) is 95.6 cm³/mol. The van der Waals surface area contributed by atoms with Crippen LogP contribution >= 0.6 is 23.4 Å². The summed E-state index contributed by atoms with van der Waals surface area (Å²) in [5.74, 6) is -1.06. The van der Waals surface area contributed by atoms with Gasteiger partial charge in [0.15, 0.2) is 0 Å². The summed E-state index contributed by atoms with van der Waals surface area (Å²) in [4.78, 5) is 33.8. The van der Waals surface area contributed by atoms with Crippen LogP contribution in [0.2, 0.25) is 5.02 Å². The van der Waals surface area contributed by atoms with Gasteiger partial charge in [0, 0.05) is 23.2 Å². The van der Waals surface area contributed by atoms with Gasteiger partial charge in [-0.25, -0.2) is 0 Å². The maximum Gasteiger partial charge on any atom is 0.283 e. The zero-order valence-electron chi connectivity index (χ0n) is 12.9. The van der Waals surface area contributed by atoms with Crippen molar-refractivity contribution >= 4 is 40.9 Å². The van der Waals surface area contributed by atoms with Crippen LogP contribution in [-0.2, 0) is 11.3 Å². The first kappa shape index (κ1) is 18.8. The minimum atomic E-state index is -0.753. The molecule has 0 spiro atoms. The van der Waals surface area contributed by atoms with Gasteiger partial charge in [-0.15, -0.1) is 11.8 Å². The minimum absolute atomic E-state index is 0.0127. The van der Waals surface area contributed by atoms with E-state index < -0.39 is 10.8 Å². The number of rotatable bonds is 7. The topological polar surface area (TPSA) is 115 Å². The summed E-state index contributed by atoms with van der Waals surface area (Å²) in [6.07, 6.45) is 0. The largest absolute Gasteiger partial charge is 0.366 e. The first-order valence-electron chi connectivity index (χ1n) is 7.09. The zero-order valence-corrected chi connectivity index (χ0v) is 14.5. The lowest BCUT2D eigenvalue weighted by Crippen LogP contribution is -2.24. The van der Waals surface area contributed by atoms with Gasteiger partial charge in [-0.2, -0.15) is 0 Å². The molecule has 0 radical (unpaired) electrons. The van der Waals surface area contributed by atoms with Gasteiger partial charge in [0.2, 0.25) is 11.8 Å². The molecule has 25 heavy (non-hydrogen) atoms. The second-order valence-corrected chi connectivity index (χ2v) is 6.39. The van der Waals surface area contributed by atoms with E-state index in [-0.39, 0.29) is 34.4 Å². The number of carbonyl (C=O) groups is 2. The normalized spacial score (nSPS) is 10.3. The lowest BCUT2D eigenvalue weighted by atomic mass is 10.2. The van der Waals surface area contributed by atoms with E-state index >= 15 is 0 Å². The summed E-state index contributed by atoms with van der Waals surface area (Å²) < 4.78 is 0. The fraction of sp³-hybridized carbons (Fsp3) is 0.125. The molecule has 2 amide bonds. The molecule has 0 aliphatic heterocycles. The summed E-state index contributed by atoms with van der Waals surface area (Å²) >= 11 is 7.01. The Hall–Kier alpha value is -2.58. The third-order valence-electron chi connectivity index (χ3n) is 3.23. The Morgan fingerprint density at radius 1 is 1.24 bits per heavy atom. The Morgan fingerprint density at radius 3 is 2.60 bits per heavy atom. The number of amides is 2. The Bertz CT molecular complexity index is 829. The molecular weight excluding hydrogens is 366 g/mol. The van der Waals surface area contributed by atoms with E-state index in [9.17, 15) is 19.7 Å². The standard InChI is InChI=1S/C16H14ClN3O4S/c17-12-4-2-1-3-11(12)8-19-15(21)9-25-14-6-5-10(16(18)22)7-13(14)20(23)24/h1-7H,8-9H2,(H2,18,22)(H,19,21). The number of thioether (sulfide) groups is 1. The van der Waals surface area contributed by atoms with Crippen molar-refractivity contribution in [2.45, 2.75) is 11.4 Å². The highest BCUT2D eigenvalue weighted by Crippen LogP contribution is 2.30. The fourth-order valence-electron chi connectivity index (χ4n) is 1.97. The Balaban J connectivity index is 1.98. The Labute approximate surface area is 152 Å². The number of hydrogen-bond donors (Lipinski definition) is 2. The first-order chi connectivity index (χ1) is 11.9. The molecule has 9 heteroatoms. The van der Waals surface area contributed by atoms with Crippen LogP contribution < -0.4 is 11.1 Å². The van der Waals surface area contributed by atoms with Gasteiger partial charge < -0.3 is 11.1 Å². The van der Waals surface area contributed by atoms with Crippen molar-refractivity contribution in [2.75, 3.05) is 5.75 Å². The predicted octanol–water partition coefficient (Wildman–Crippen LogP) is 2.76. The third kappa shape index (κ3) is 5.20. The van der Waals surface area contributed by atoms with Crippen LogP contribution in [0.15, 0.2) is 47.4 Å². The summed E-state index contributed by atoms with van der Waals surface area (Å²) in [5.41, 5.74) is 5.67. The number of carbonyl (C=O) groups excluding carboxylic acids is 2. The fourth-order valence-corrected chi connectivity index (χ4v) is 3.00. The highest BCUT2D eigenvalue weighted by molar-refractivity contribution is 8.00.